The Morgan fingerprint density at radius 2 is 0.833 bits per heavy atom. The van der Waals surface area contributed by atoms with E-state index in [1.807, 2.05) is 70.9 Å². The van der Waals surface area contributed by atoms with Gasteiger partial charge in [0.2, 0.25) is 5.11 Å². The molecule has 42 heavy (non-hydrogen) atoms. The normalized spacial score (nSPS) is 12.4. The Morgan fingerprint density at radius 1 is 0.548 bits per heavy atom. The highest BCUT2D eigenvalue weighted by atomic mass is 32.1. The largest absolute Gasteiger partial charge is 0.481 e. The maximum absolute atomic E-state index is 10.7. The van der Waals surface area contributed by atoms with Gasteiger partial charge in [0.15, 0.2) is 0 Å². The van der Waals surface area contributed by atoms with E-state index in [9.17, 15) is 19.2 Å². The van der Waals surface area contributed by atoms with Gasteiger partial charge < -0.3 is 30.2 Å². The highest BCUT2D eigenvalue weighted by Gasteiger charge is 2.25. The van der Waals surface area contributed by atoms with Crippen LogP contribution in [0.3, 0.4) is 0 Å². The first-order valence-electron chi connectivity index (χ1n) is 13.1. The highest BCUT2D eigenvalue weighted by Crippen LogP contribution is 2.21. The third-order valence-electron chi connectivity index (χ3n) is 5.92. The van der Waals surface area contributed by atoms with Gasteiger partial charge in [0, 0.05) is 39.3 Å². The van der Waals surface area contributed by atoms with Gasteiger partial charge in [-0.3, -0.25) is 30.0 Å². The summed E-state index contributed by atoms with van der Waals surface area (Å²) in [4.78, 5) is 45.9. The number of carbonyl (C=O) groups is 4. The molecule has 1 saturated heterocycles. The average Bonchev–Trinajstić information content (AvgIpc) is 3.36. The van der Waals surface area contributed by atoms with Crippen LogP contribution in [0.25, 0.3) is 0 Å². The summed E-state index contributed by atoms with van der Waals surface area (Å²) >= 11 is 5.17. The maximum atomic E-state index is 10.7. The van der Waals surface area contributed by atoms with Crippen molar-refractivity contribution in [1.82, 2.24) is 20.7 Å². The number of anilines is 2. The minimum absolute atomic E-state index is 0.135. The smallest absolute Gasteiger partial charge is 0.304 e. The number of carboxylic acids is 4. The van der Waals surface area contributed by atoms with Crippen LogP contribution in [0.4, 0.5) is 11.4 Å². The SMILES string of the molecule is O=C(O)CCN(CCC(=O)O)CCN(CCC(=O)O)CCC(=O)O.S=C1NN(c2ccccc2)N(c2ccccc2)N1. The minimum Gasteiger partial charge on any atom is -0.481 e. The van der Waals surface area contributed by atoms with E-state index >= 15 is 0 Å². The van der Waals surface area contributed by atoms with Gasteiger partial charge in [-0.05, 0) is 36.5 Å². The molecular formula is C27H36N6O8S. The number of benzene rings is 2. The van der Waals surface area contributed by atoms with Crippen LogP contribution in [-0.2, 0) is 19.2 Å². The molecule has 0 radical (unpaired) electrons. The zero-order chi connectivity index (χ0) is 30.9. The Bertz CT molecular complexity index is 1050. The average molecular weight is 605 g/mol. The second-order valence-corrected chi connectivity index (χ2v) is 9.51. The van der Waals surface area contributed by atoms with E-state index in [1.54, 1.807) is 9.80 Å². The molecule has 0 bridgehead atoms. The standard InChI is InChI=1S/C14H24N2O8.C13H12N4S/c17-11(18)1-5-15(6-2-12(19)20)9-10-16(7-3-13(21)22)8-4-14(23)24;18-13-14-16(11-7-3-1-4-8-11)17(15-13)12-9-5-2-6-10-12/h1-10H2,(H,17,18)(H,19,20)(H,21,22)(H,23,24);1-10H,(H2,14,15,18). The summed E-state index contributed by atoms with van der Waals surface area (Å²) in [5, 5.41) is 39.2. The van der Waals surface area contributed by atoms with Crippen LogP contribution in [0.15, 0.2) is 60.7 Å². The maximum Gasteiger partial charge on any atom is 0.304 e. The number of thiocarbonyl (C=S) groups is 1. The van der Waals surface area contributed by atoms with Crippen molar-refractivity contribution in [2.75, 3.05) is 49.5 Å². The van der Waals surface area contributed by atoms with Gasteiger partial charge in [0.1, 0.15) is 0 Å². The van der Waals surface area contributed by atoms with E-state index in [1.165, 1.54) is 0 Å². The highest BCUT2D eigenvalue weighted by molar-refractivity contribution is 7.80. The molecule has 15 heteroatoms. The van der Waals surface area contributed by atoms with Gasteiger partial charge in [-0.25, -0.2) is 0 Å². The number of nitrogens with one attached hydrogen (secondary N) is 2. The lowest BCUT2D eigenvalue weighted by Gasteiger charge is -2.28. The van der Waals surface area contributed by atoms with Crippen LogP contribution < -0.4 is 21.1 Å². The molecule has 0 unspecified atom stereocenters. The molecule has 1 aliphatic rings. The Balaban J connectivity index is 0.000000303. The van der Waals surface area contributed by atoms with Gasteiger partial charge >= 0.3 is 23.9 Å². The van der Waals surface area contributed by atoms with Crippen molar-refractivity contribution in [2.45, 2.75) is 25.7 Å². The lowest BCUT2D eigenvalue weighted by molar-refractivity contribution is -0.139. The quantitative estimate of drug-likeness (QED) is 0.143. The summed E-state index contributed by atoms with van der Waals surface area (Å²) < 4.78 is 0. The van der Waals surface area contributed by atoms with Crippen molar-refractivity contribution in [1.29, 1.82) is 0 Å². The summed E-state index contributed by atoms with van der Waals surface area (Å²) in [6.07, 6.45) is -0.540. The molecule has 228 valence electrons. The first-order chi connectivity index (χ1) is 20.0. The van der Waals surface area contributed by atoms with Gasteiger partial charge in [-0.15, -0.1) is 0 Å². The molecule has 2 aromatic carbocycles. The fraction of sp³-hybridized carbons (Fsp3) is 0.370. The van der Waals surface area contributed by atoms with Crippen LogP contribution in [0.5, 0.6) is 0 Å². The Labute approximate surface area is 248 Å². The fourth-order valence-corrected chi connectivity index (χ4v) is 3.96. The molecule has 1 heterocycles. The molecule has 2 aromatic rings. The molecule has 0 aromatic heterocycles. The molecular weight excluding hydrogens is 568 g/mol. The second kappa shape index (κ2) is 18.1. The van der Waals surface area contributed by atoms with Crippen molar-refractivity contribution >= 4 is 52.6 Å². The van der Waals surface area contributed by atoms with Crippen molar-refractivity contribution in [2.24, 2.45) is 0 Å². The summed E-state index contributed by atoms with van der Waals surface area (Å²) in [6.45, 7) is 1.37. The number of para-hydroxylation sites is 2. The molecule has 3 rings (SSSR count). The van der Waals surface area contributed by atoms with E-state index < -0.39 is 23.9 Å². The summed E-state index contributed by atoms with van der Waals surface area (Å²) in [5.41, 5.74) is 8.21. The number of hydrazine groups is 3. The van der Waals surface area contributed by atoms with Crippen LogP contribution in [0.2, 0.25) is 0 Å². The number of hydrogen-bond acceptors (Lipinski definition) is 9. The zero-order valence-electron chi connectivity index (χ0n) is 23.0. The number of aliphatic carboxylic acids is 4. The first-order valence-corrected chi connectivity index (χ1v) is 13.6. The minimum atomic E-state index is -0.996. The zero-order valence-corrected chi connectivity index (χ0v) is 23.8. The number of nitrogens with zero attached hydrogens (tertiary/aromatic N) is 4. The van der Waals surface area contributed by atoms with Crippen molar-refractivity contribution in [3.63, 3.8) is 0 Å². The van der Waals surface area contributed by atoms with Crippen molar-refractivity contribution in [3.05, 3.63) is 60.7 Å². The summed E-state index contributed by atoms with van der Waals surface area (Å²) in [6, 6.07) is 20.0. The molecule has 0 spiro atoms. The monoisotopic (exact) mass is 604 g/mol. The van der Waals surface area contributed by atoms with Gasteiger partial charge in [0.05, 0.1) is 37.1 Å². The van der Waals surface area contributed by atoms with E-state index in [0.29, 0.717) is 18.2 Å². The molecule has 6 N–H and O–H groups in total. The van der Waals surface area contributed by atoms with Crippen LogP contribution in [-0.4, -0.2) is 98.5 Å². The Morgan fingerprint density at radius 3 is 1.10 bits per heavy atom. The number of rotatable bonds is 17. The van der Waals surface area contributed by atoms with Crippen molar-refractivity contribution in [3.8, 4) is 0 Å². The fourth-order valence-electron chi connectivity index (χ4n) is 3.78. The van der Waals surface area contributed by atoms with Gasteiger partial charge in [-0.1, -0.05) is 36.4 Å². The van der Waals surface area contributed by atoms with Crippen molar-refractivity contribution < 1.29 is 39.6 Å². The molecule has 0 saturated carbocycles. The molecule has 14 nitrogen and oxygen atoms in total. The Hall–Kier alpha value is -4.47. The molecule has 0 aliphatic carbocycles. The predicted molar refractivity (Wildman–Crippen MR) is 159 cm³/mol. The lowest BCUT2D eigenvalue weighted by atomic mass is 10.3. The predicted octanol–water partition coefficient (Wildman–Crippen LogP) is 1.71. The summed E-state index contributed by atoms with van der Waals surface area (Å²) in [7, 11) is 0. The first kappa shape index (κ1) is 33.7. The topological polar surface area (TPSA) is 186 Å². The van der Waals surface area contributed by atoms with E-state index in [0.717, 1.165) is 11.4 Å². The van der Waals surface area contributed by atoms with Crippen LogP contribution in [0, 0.1) is 0 Å². The molecule has 1 fully saturated rings. The van der Waals surface area contributed by atoms with E-state index in [-0.39, 0.29) is 51.9 Å². The van der Waals surface area contributed by atoms with Gasteiger partial charge in [0.25, 0.3) is 0 Å². The number of carboxylic acid groups (broad SMARTS) is 4. The van der Waals surface area contributed by atoms with Crippen LogP contribution in [0.1, 0.15) is 25.7 Å². The van der Waals surface area contributed by atoms with E-state index in [4.69, 9.17) is 32.6 Å². The molecule has 0 atom stereocenters. The van der Waals surface area contributed by atoms with Crippen LogP contribution >= 0.6 is 12.2 Å². The van der Waals surface area contributed by atoms with E-state index in [2.05, 4.69) is 10.9 Å². The third kappa shape index (κ3) is 13.3. The molecule has 1 aliphatic heterocycles. The third-order valence-corrected chi connectivity index (χ3v) is 6.10. The summed E-state index contributed by atoms with van der Waals surface area (Å²) in [5.74, 6) is -3.99. The molecule has 0 amide bonds. The Kier molecular flexibility index (Phi) is 14.5. The number of hydrogen-bond donors (Lipinski definition) is 6. The lowest BCUT2D eigenvalue weighted by Crippen LogP contribution is -2.45. The van der Waals surface area contributed by atoms with Gasteiger partial charge in [-0.2, -0.15) is 10.2 Å². The second-order valence-electron chi connectivity index (χ2n) is 9.11.